The lowest BCUT2D eigenvalue weighted by atomic mass is 10.1. The van der Waals surface area contributed by atoms with Crippen LogP contribution >= 0.6 is 11.3 Å². The number of halogens is 1. The number of ether oxygens (including phenoxy) is 1. The van der Waals surface area contributed by atoms with Crippen molar-refractivity contribution in [3.05, 3.63) is 51.5 Å². The zero-order valence-corrected chi connectivity index (χ0v) is 11.8. The van der Waals surface area contributed by atoms with Crippen molar-refractivity contribution in [1.29, 1.82) is 0 Å². The molecule has 0 atom stereocenters. The van der Waals surface area contributed by atoms with Crippen LogP contribution in [0.2, 0.25) is 0 Å². The minimum Gasteiger partial charge on any atom is -0.485 e. The van der Waals surface area contributed by atoms with Gasteiger partial charge in [0, 0.05) is 9.75 Å². The fraction of sp³-hybridized carbons (Fsp3) is 0.333. The molecule has 1 aromatic carbocycles. The Bertz CT molecular complexity index is 539. The molecule has 2 rings (SSSR count). The molecule has 4 heteroatoms. The first-order valence-electron chi connectivity index (χ1n) is 6.41. The summed E-state index contributed by atoms with van der Waals surface area (Å²) in [5, 5.41) is 0. The number of benzene rings is 1. The molecule has 2 nitrogen and oxygen atoms in total. The van der Waals surface area contributed by atoms with Gasteiger partial charge in [-0.05, 0) is 49.2 Å². The molecule has 0 amide bonds. The summed E-state index contributed by atoms with van der Waals surface area (Å²) < 4.78 is 19.3. The maximum Gasteiger partial charge on any atom is 0.165 e. The van der Waals surface area contributed by atoms with Gasteiger partial charge in [-0.1, -0.05) is 13.0 Å². The van der Waals surface area contributed by atoms with Gasteiger partial charge in [0.25, 0.3) is 0 Å². The van der Waals surface area contributed by atoms with Gasteiger partial charge in [0.1, 0.15) is 6.61 Å². The van der Waals surface area contributed by atoms with E-state index in [0.29, 0.717) is 25.3 Å². The molecule has 102 valence electrons. The third-order valence-corrected chi connectivity index (χ3v) is 4.07. The van der Waals surface area contributed by atoms with Gasteiger partial charge in [0.2, 0.25) is 0 Å². The first-order chi connectivity index (χ1) is 9.22. The maximum atomic E-state index is 13.8. The molecule has 2 N–H and O–H groups in total. The normalized spacial score (nSPS) is 10.7. The maximum absolute atomic E-state index is 13.8. The van der Waals surface area contributed by atoms with Crippen LogP contribution in [-0.2, 0) is 19.4 Å². The fourth-order valence-electron chi connectivity index (χ4n) is 1.82. The Morgan fingerprint density at radius 2 is 2.00 bits per heavy atom. The summed E-state index contributed by atoms with van der Waals surface area (Å²) >= 11 is 1.71. The lowest BCUT2D eigenvalue weighted by molar-refractivity contribution is 0.293. The summed E-state index contributed by atoms with van der Waals surface area (Å²) in [5.74, 6) is -0.0227. The summed E-state index contributed by atoms with van der Waals surface area (Å²) in [6.07, 6.45) is 1.70. The van der Waals surface area contributed by atoms with Gasteiger partial charge in [0.05, 0.1) is 0 Å². The van der Waals surface area contributed by atoms with Crippen LogP contribution in [0.15, 0.2) is 30.3 Å². The second-order valence-corrected chi connectivity index (χ2v) is 5.57. The van der Waals surface area contributed by atoms with Crippen LogP contribution in [0.4, 0.5) is 4.39 Å². The van der Waals surface area contributed by atoms with Crippen molar-refractivity contribution >= 4 is 11.3 Å². The summed E-state index contributed by atoms with van der Waals surface area (Å²) in [4.78, 5) is 2.43. The highest BCUT2D eigenvalue weighted by molar-refractivity contribution is 7.11. The van der Waals surface area contributed by atoms with Crippen molar-refractivity contribution in [3.63, 3.8) is 0 Å². The van der Waals surface area contributed by atoms with Crippen LogP contribution in [0, 0.1) is 5.82 Å². The molecule has 1 heterocycles. The van der Waals surface area contributed by atoms with Crippen molar-refractivity contribution in [2.45, 2.75) is 26.4 Å². The molecular weight excluding hydrogens is 261 g/mol. The van der Waals surface area contributed by atoms with E-state index in [2.05, 4.69) is 13.0 Å². The summed E-state index contributed by atoms with van der Waals surface area (Å²) in [6.45, 7) is 3.05. The van der Waals surface area contributed by atoms with Gasteiger partial charge in [-0.3, -0.25) is 0 Å². The molecule has 19 heavy (non-hydrogen) atoms. The second-order valence-electron chi connectivity index (χ2n) is 4.31. The van der Waals surface area contributed by atoms with Gasteiger partial charge in [-0.15, -0.1) is 11.3 Å². The predicted octanol–water partition coefficient (Wildman–Crippen LogP) is 3.53. The zero-order chi connectivity index (χ0) is 13.7. The van der Waals surface area contributed by atoms with E-state index >= 15 is 0 Å². The quantitative estimate of drug-likeness (QED) is 0.878. The molecule has 0 saturated carbocycles. The van der Waals surface area contributed by atoms with Crippen LogP contribution in [0.1, 0.15) is 22.2 Å². The average molecular weight is 279 g/mol. The lowest BCUT2D eigenvalue weighted by Gasteiger charge is -2.07. The van der Waals surface area contributed by atoms with Crippen molar-refractivity contribution < 1.29 is 9.13 Å². The van der Waals surface area contributed by atoms with Gasteiger partial charge in [0.15, 0.2) is 11.6 Å². The summed E-state index contributed by atoms with van der Waals surface area (Å²) in [5.41, 5.74) is 6.35. The van der Waals surface area contributed by atoms with E-state index < -0.39 is 0 Å². The van der Waals surface area contributed by atoms with Crippen LogP contribution in [0.25, 0.3) is 0 Å². The second kappa shape index (κ2) is 6.68. The Labute approximate surface area is 117 Å². The van der Waals surface area contributed by atoms with E-state index in [0.717, 1.165) is 16.9 Å². The molecular formula is C15H18FNOS. The van der Waals surface area contributed by atoms with E-state index in [-0.39, 0.29) is 5.82 Å². The molecule has 1 aromatic heterocycles. The molecule has 0 unspecified atom stereocenters. The number of nitrogens with two attached hydrogens (primary N) is 1. The first kappa shape index (κ1) is 14.0. The van der Waals surface area contributed by atoms with Gasteiger partial charge in [-0.2, -0.15) is 0 Å². The minimum absolute atomic E-state index is 0.298. The summed E-state index contributed by atoms with van der Waals surface area (Å²) in [7, 11) is 0. The van der Waals surface area contributed by atoms with Crippen LogP contribution < -0.4 is 10.5 Å². The zero-order valence-electron chi connectivity index (χ0n) is 11.0. The Kier molecular flexibility index (Phi) is 4.93. The number of hydrogen-bond donors (Lipinski definition) is 1. The van der Waals surface area contributed by atoms with Gasteiger partial charge >= 0.3 is 0 Å². The molecule has 0 spiro atoms. The largest absolute Gasteiger partial charge is 0.485 e. The molecule has 0 fully saturated rings. The van der Waals surface area contributed by atoms with E-state index in [1.54, 1.807) is 17.4 Å². The SMILES string of the molecule is CCc1ccc(COc2ccc(CCN)cc2F)s1. The molecule has 0 aliphatic carbocycles. The molecule has 0 aliphatic rings. The van der Waals surface area contributed by atoms with E-state index in [1.807, 2.05) is 12.1 Å². The van der Waals surface area contributed by atoms with E-state index in [1.165, 1.54) is 10.9 Å². The molecule has 0 aliphatic heterocycles. The van der Waals surface area contributed by atoms with E-state index in [9.17, 15) is 4.39 Å². The first-order valence-corrected chi connectivity index (χ1v) is 7.23. The Morgan fingerprint density at radius 3 is 2.63 bits per heavy atom. The number of rotatable bonds is 6. The van der Waals surface area contributed by atoms with Crippen LogP contribution in [0.5, 0.6) is 5.75 Å². The predicted molar refractivity (Wildman–Crippen MR) is 77.2 cm³/mol. The molecule has 0 bridgehead atoms. The lowest BCUT2D eigenvalue weighted by Crippen LogP contribution is -2.03. The third-order valence-electron chi connectivity index (χ3n) is 2.87. The van der Waals surface area contributed by atoms with Crippen molar-refractivity contribution in [1.82, 2.24) is 0 Å². The Hall–Kier alpha value is -1.39. The number of thiophene rings is 1. The molecule has 0 radical (unpaired) electrons. The highest BCUT2D eigenvalue weighted by Gasteiger charge is 2.06. The van der Waals surface area contributed by atoms with Gasteiger partial charge in [-0.25, -0.2) is 4.39 Å². The fourth-order valence-corrected chi connectivity index (χ4v) is 2.69. The van der Waals surface area contributed by atoms with Crippen LogP contribution in [-0.4, -0.2) is 6.54 Å². The van der Waals surface area contributed by atoms with Crippen molar-refractivity contribution in [2.24, 2.45) is 5.73 Å². The number of aryl methyl sites for hydroxylation is 1. The highest BCUT2D eigenvalue weighted by Crippen LogP contribution is 2.22. The Balaban J connectivity index is 1.99. The third kappa shape index (κ3) is 3.78. The van der Waals surface area contributed by atoms with E-state index in [4.69, 9.17) is 10.5 Å². The van der Waals surface area contributed by atoms with Crippen molar-refractivity contribution in [3.8, 4) is 5.75 Å². The smallest absolute Gasteiger partial charge is 0.165 e. The standard InChI is InChI=1S/C15H18FNOS/c1-2-12-4-5-13(19-12)10-18-15-6-3-11(7-8-17)9-14(15)16/h3-6,9H,2,7-8,10,17H2,1H3. The topological polar surface area (TPSA) is 35.2 Å². The minimum atomic E-state index is -0.321. The van der Waals surface area contributed by atoms with Crippen molar-refractivity contribution in [2.75, 3.05) is 6.54 Å². The molecule has 2 aromatic rings. The van der Waals surface area contributed by atoms with Crippen LogP contribution in [0.3, 0.4) is 0 Å². The highest BCUT2D eigenvalue weighted by atomic mass is 32.1. The van der Waals surface area contributed by atoms with Gasteiger partial charge < -0.3 is 10.5 Å². The molecule has 0 saturated heterocycles. The summed E-state index contributed by atoms with van der Waals surface area (Å²) in [6, 6.07) is 9.15. The number of hydrogen-bond acceptors (Lipinski definition) is 3. The monoisotopic (exact) mass is 279 g/mol. The average Bonchev–Trinajstić information content (AvgIpc) is 2.86. The Morgan fingerprint density at radius 1 is 1.21 bits per heavy atom.